The van der Waals surface area contributed by atoms with Crippen LogP contribution < -0.4 is 5.32 Å². The quantitative estimate of drug-likeness (QED) is 0.732. The number of halogens is 1. The second-order valence-electron chi connectivity index (χ2n) is 4.05. The van der Waals surface area contributed by atoms with E-state index in [-0.39, 0.29) is 11.4 Å². The SMILES string of the molecule is COCCN(C)CCNc1nccc(C(=O)O)c1F. The molecule has 0 aliphatic heterocycles. The first-order valence-electron chi connectivity index (χ1n) is 5.85. The average Bonchev–Trinajstić information content (AvgIpc) is 2.38. The fourth-order valence-electron chi connectivity index (χ4n) is 1.46. The number of rotatable bonds is 8. The molecule has 0 saturated heterocycles. The summed E-state index contributed by atoms with van der Waals surface area (Å²) in [5.41, 5.74) is -0.384. The van der Waals surface area contributed by atoms with Gasteiger partial charge in [0.15, 0.2) is 11.6 Å². The van der Waals surface area contributed by atoms with Crippen molar-refractivity contribution in [2.45, 2.75) is 0 Å². The summed E-state index contributed by atoms with van der Waals surface area (Å²) in [5.74, 6) is -2.19. The highest BCUT2D eigenvalue weighted by molar-refractivity contribution is 5.88. The summed E-state index contributed by atoms with van der Waals surface area (Å²) in [5, 5.41) is 11.6. The molecule has 0 amide bonds. The zero-order chi connectivity index (χ0) is 14.3. The van der Waals surface area contributed by atoms with Gasteiger partial charge in [-0.3, -0.25) is 0 Å². The third-order valence-corrected chi connectivity index (χ3v) is 2.58. The fourth-order valence-corrected chi connectivity index (χ4v) is 1.46. The zero-order valence-electron chi connectivity index (χ0n) is 11.0. The summed E-state index contributed by atoms with van der Waals surface area (Å²) in [6.07, 6.45) is 1.27. The number of hydrogen-bond acceptors (Lipinski definition) is 5. The lowest BCUT2D eigenvalue weighted by molar-refractivity contribution is 0.0692. The Hall–Kier alpha value is -1.73. The molecule has 0 aromatic carbocycles. The summed E-state index contributed by atoms with van der Waals surface area (Å²) in [7, 11) is 3.54. The van der Waals surface area contributed by atoms with Crippen molar-refractivity contribution >= 4 is 11.8 Å². The molecule has 0 unspecified atom stereocenters. The van der Waals surface area contributed by atoms with Gasteiger partial charge in [-0.2, -0.15) is 0 Å². The van der Waals surface area contributed by atoms with Crippen LogP contribution in [0, 0.1) is 5.82 Å². The Balaban J connectivity index is 2.50. The van der Waals surface area contributed by atoms with Gasteiger partial charge in [0, 0.05) is 32.9 Å². The van der Waals surface area contributed by atoms with Gasteiger partial charge in [-0.1, -0.05) is 0 Å². The third kappa shape index (κ3) is 4.80. The van der Waals surface area contributed by atoms with E-state index in [1.54, 1.807) is 7.11 Å². The standard InChI is InChI=1S/C12H18FN3O3/c1-16(7-8-19-2)6-5-15-11-10(13)9(12(17)18)3-4-14-11/h3-4H,5-8H2,1-2H3,(H,14,15)(H,17,18). The highest BCUT2D eigenvalue weighted by Crippen LogP contribution is 2.14. The van der Waals surface area contributed by atoms with E-state index in [0.29, 0.717) is 19.7 Å². The summed E-state index contributed by atoms with van der Waals surface area (Å²) in [4.78, 5) is 16.6. The Morgan fingerprint density at radius 3 is 2.95 bits per heavy atom. The predicted molar refractivity (Wildman–Crippen MR) is 69.0 cm³/mol. The molecule has 2 N–H and O–H groups in total. The van der Waals surface area contributed by atoms with Crippen LogP contribution in [0.5, 0.6) is 0 Å². The van der Waals surface area contributed by atoms with Crippen LogP contribution in [0.1, 0.15) is 10.4 Å². The van der Waals surface area contributed by atoms with Gasteiger partial charge in [0.2, 0.25) is 0 Å². The van der Waals surface area contributed by atoms with Crippen molar-refractivity contribution in [2.75, 3.05) is 45.7 Å². The van der Waals surface area contributed by atoms with Crippen molar-refractivity contribution in [3.05, 3.63) is 23.6 Å². The number of anilines is 1. The number of nitrogens with one attached hydrogen (secondary N) is 1. The van der Waals surface area contributed by atoms with Gasteiger partial charge in [0.05, 0.1) is 6.61 Å². The summed E-state index contributed by atoms with van der Waals surface area (Å²) in [6.45, 7) is 2.52. The molecular weight excluding hydrogens is 253 g/mol. The maximum Gasteiger partial charge on any atom is 0.338 e. The van der Waals surface area contributed by atoms with Crippen molar-refractivity contribution in [1.29, 1.82) is 0 Å². The van der Waals surface area contributed by atoms with Crippen LogP contribution in [0.25, 0.3) is 0 Å². The molecule has 0 atom stereocenters. The third-order valence-electron chi connectivity index (χ3n) is 2.58. The number of aromatic nitrogens is 1. The van der Waals surface area contributed by atoms with E-state index in [9.17, 15) is 9.18 Å². The van der Waals surface area contributed by atoms with Gasteiger partial charge in [-0.15, -0.1) is 0 Å². The Morgan fingerprint density at radius 1 is 1.58 bits per heavy atom. The minimum absolute atomic E-state index is 0.0416. The molecule has 0 aliphatic carbocycles. The van der Waals surface area contributed by atoms with Crippen LogP contribution in [-0.4, -0.2) is 61.4 Å². The first-order valence-corrected chi connectivity index (χ1v) is 5.85. The molecule has 1 aromatic rings. The van der Waals surface area contributed by atoms with Crippen LogP contribution in [0.2, 0.25) is 0 Å². The molecule has 19 heavy (non-hydrogen) atoms. The van der Waals surface area contributed by atoms with E-state index in [4.69, 9.17) is 9.84 Å². The second kappa shape index (κ2) is 7.65. The first-order chi connectivity index (χ1) is 9.06. The maximum atomic E-state index is 13.7. The van der Waals surface area contributed by atoms with E-state index < -0.39 is 11.8 Å². The summed E-state index contributed by atoms with van der Waals surface area (Å²) in [6, 6.07) is 1.13. The number of methoxy groups -OCH3 is 1. The van der Waals surface area contributed by atoms with E-state index in [1.165, 1.54) is 6.20 Å². The minimum Gasteiger partial charge on any atom is -0.478 e. The van der Waals surface area contributed by atoms with Crippen molar-refractivity contribution in [1.82, 2.24) is 9.88 Å². The van der Waals surface area contributed by atoms with Crippen LogP contribution >= 0.6 is 0 Å². The Morgan fingerprint density at radius 2 is 2.32 bits per heavy atom. The number of carbonyl (C=O) groups is 1. The molecule has 7 heteroatoms. The van der Waals surface area contributed by atoms with Crippen molar-refractivity contribution < 1.29 is 19.0 Å². The zero-order valence-corrected chi connectivity index (χ0v) is 11.0. The van der Waals surface area contributed by atoms with Crippen LogP contribution in [0.3, 0.4) is 0 Å². The number of nitrogens with zero attached hydrogens (tertiary/aromatic N) is 2. The monoisotopic (exact) mass is 271 g/mol. The number of pyridine rings is 1. The van der Waals surface area contributed by atoms with E-state index in [2.05, 4.69) is 10.3 Å². The molecule has 6 nitrogen and oxygen atoms in total. The van der Waals surface area contributed by atoms with E-state index in [0.717, 1.165) is 12.6 Å². The Kier molecular flexibility index (Phi) is 6.17. The predicted octanol–water partition coefficient (Wildman–Crippen LogP) is 0.909. The summed E-state index contributed by atoms with van der Waals surface area (Å²) < 4.78 is 18.6. The van der Waals surface area contributed by atoms with Crippen molar-refractivity contribution in [2.24, 2.45) is 0 Å². The minimum atomic E-state index is -1.31. The normalized spacial score (nSPS) is 10.7. The highest BCUT2D eigenvalue weighted by Gasteiger charge is 2.14. The lowest BCUT2D eigenvalue weighted by Crippen LogP contribution is -2.28. The average molecular weight is 271 g/mol. The number of carboxylic acids is 1. The topological polar surface area (TPSA) is 74.7 Å². The molecule has 0 aliphatic rings. The lowest BCUT2D eigenvalue weighted by Gasteiger charge is -2.16. The number of carboxylic acid groups (broad SMARTS) is 1. The van der Waals surface area contributed by atoms with Gasteiger partial charge in [0.25, 0.3) is 0 Å². The molecule has 106 valence electrons. The fraction of sp³-hybridized carbons (Fsp3) is 0.500. The van der Waals surface area contributed by atoms with Gasteiger partial charge in [-0.25, -0.2) is 14.2 Å². The van der Waals surface area contributed by atoms with Gasteiger partial charge < -0.3 is 20.1 Å². The maximum absolute atomic E-state index is 13.7. The van der Waals surface area contributed by atoms with Crippen molar-refractivity contribution in [3.8, 4) is 0 Å². The Labute approximate surface area is 111 Å². The molecule has 1 aromatic heterocycles. The van der Waals surface area contributed by atoms with Crippen molar-refractivity contribution in [3.63, 3.8) is 0 Å². The summed E-state index contributed by atoms with van der Waals surface area (Å²) >= 11 is 0. The van der Waals surface area contributed by atoms with Gasteiger partial charge >= 0.3 is 5.97 Å². The molecular formula is C12H18FN3O3. The molecule has 0 fully saturated rings. The number of ether oxygens (including phenoxy) is 1. The molecule has 1 rings (SSSR count). The number of aromatic carboxylic acids is 1. The number of likely N-dealkylation sites (N-methyl/N-ethyl adjacent to an activating group) is 1. The van der Waals surface area contributed by atoms with E-state index >= 15 is 0 Å². The lowest BCUT2D eigenvalue weighted by atomic mass is 10.2. The molecule has 0 radical (unpaired) electrons. The van der Waals surface area contributed by atoms with Gasteiger partial charge in [-0.05, 0) is 13.1 Å². The van der Waals surface area contributed by atoms with Gasteiger partial charge in [0.1, 0.15) is 5.56 Å². The first kappa shape index (κ1) is 15.3. The van der Waals surface area contributed by atoms with E-state index in [1.807, 2.05) is 11.9 Å². The van der Waals surface area contributed by atoms with Crippen LogP contribution in [-0.2, 0) is 4.74 Å². The van der Waals surface area contributed by atoms with Crippen LogP contribution in [0.15, 0.2) is 12.3 Å². The number of hydrogen-bond donors (Lipinski definition) is 2. The molecule has 0 saturated carbocycles. The molecule has 1 heterocycles. The largest absolute Gasteiger partial charge is 0.478 e. The highest BCUT2D eigenvalue weighted by atomic mass is 19.1. The smallest absolute Gasteiger partial charge is 0.338 e. The van der Waals surface area contributed by atoms with Crippen LogP contribution in [0.4, 0.5) is 10.2 Å². The molecule has 0 bridgehead atoms. The molecule has 0 spiro atoms. The Bertz CT molecular complexity index is 429. The second-order valence-corrected chi connectivity index (χ2v) is 4.05.